The standard InChI is InChI=1S/C19H23N5O2/c1-19(2,3)16(25)13-9-20-17-15(13)22-14(10-21-17)24-8-5-12(11-24)18(26)23-6-4-7-23/h5,8-11,15,22H,4,6-7H2,1-3H3,(H,20,21). The fourth-order valence-electron chi connectivity index (χ4n) is 3.18. The van der Waals surface area contributed by atoms with Crippen molar-refractivity contribution in [1.82, 2.24) is 20.1 Å². The maximum Gasteiger partial charge on any atom is 0.255 e. The number of hydrogen-bond acceptors (Lipinski definition) is 5. The molecule has 1 atom stereocenters. The number of carbonyl (C=O) groups is 2. The Kier molecular flexibility index (Phi) is 3.75. The van der Waals surface area contributed by atoms with E-state index in [0.29, 0.717) is 17.0 Å². The van der Waals surface area contributed by atoms with Gasteiger partial charge in [-0.25, -0.2) is 4.99 Å². The van der Waals surface area contributed by atoms with Crippen molar-refractivity contribution in [2.24, 2.45) is 10.4 Å². The maximum absolute atomic E-state index is 12.7. The molecule has 1 unspecified atom stereocenters. The van der Waals surface area contributed by atoms with Crippen molar-refractivity contribution in [2.45, 2.75) is 33.2 Å². The number of nitrogens with one attached hydrogen (secondary N) is 2. The fraction of sp³-hybridized carbons (Fsp3) is 0.421. The van der Waals surface area contributed by atoms with Crippen LogP contribution >= 0.6 is 0 Å². The first-order chi connectivity index (χ1) is 12.3. The normalized spacial score (nSPS) is 21.6. The number of Topliss-reactive ketones (excluding diaryl/α,β-unsaturated/α-hetero) is 1. The number of amidine groups is 1. The molecular weight excluding hydrogens is 330 g/mol. The van der Waals surface area contributed by atoms with Crippen LogP contribution in [0.3, 0.4) is 0 Å². The Morgan fingerprint density at radius 3 is 2.69 bits per heavy atom. The minimum atomic E-state index is -0.468. The number of aromatic nitrogens is 1. The number of ketones is 1. The molecule has 4 heterocycles. The van der Waals surface area contributed by atoms with Crippen LogP contribution in [0.5, 0.6) is 0 Å². The third-order valence-electron chi connectivity index (χ3n) is 4.88. The van der Waals surface area contributed by atoms with E-state index in [1.54, 1.807) is 12.4 Å². The Hall–Kier alpha value is -2.83. The molecule has 26 heavy (non-hydrogen) atoms. The third-order valence-corrected chi connectivity index (χ3v) is 4.88. The zero-order valence-electron chi connectivity index (χ0n) is 15.2. The zero-order valence-corrected chi connectivity index (χ0v) is 15.2. The second kappa shape index (κ2) is 5.86. The van der Waals surface area contributed by atoms with Gasteiger partial charge in [-0.1, -0.05) is 20.8 Å². The highest BCUT2D eigenvalue weighted by molar-refractivity contribution is 6.10. The largest absolute Gasteiger partial charge is 0.356 e. The van der Waals surface area contributed by atoms with E-state index >= 15 is 0 Å². The SMILES string of the molecule is CC(C)(C)C(=O)C1=CN=C2NC=C(n3ccc(C(=O)N4CCC4)c3)NC12. The summed E-state index contributed by atoms with van der Waals surface area (Å²) in [5, 5.41) is 6.52. The monoisotopic (exact) mass is 353 g/mol. The predicted octanol–water partition coefficient (Wildman–Crippen LogP) is 1.56. The molecule has 0 radical (unpaired) electrons. The van der Waals surface area contributed by atoms with Crippen LogP contribution in [0.25, 0.3) is 5.82 Å². The fourth-order valence-corrected chi connectivity index (χ4v) is 3.18. The summed E-state index contributed by atoms with van der Waals surface area (Å²) >= 11 is 0. The van der Waals surface area contributed by atoms with Crippen molar-refractivity contribution in [3.63, 3.8) is 0 Å². The van der Waals surface area contributed by atoms with Gasteiger partial charge in [0, 0.05) is 48.9 Å². The minimum absolute atomic E-state index is 0.0611. The second-order valence-corrected chi connectivity index (χ2v) is 7.88. The molecule has 0 saturated carbocycles. The van der Waals surface area contributed by atoms with E-state index in [-0.39, 0.29) is 17.7 Å². The number of nitrogens with zero attached hydrogens (tertiary/aromatic N) is 3. The molecule has 2 N–H and O–H groups in total. The first kappa shape index (κ1) is 16.6. The summed E-state index contributed by atoms with van der Waals surface area (Å²) in [4.78, 5) is 31.2. The number of likely N-dealkylation sites (tertiary alicyclic amines) is 1. The highest BCUT2D eigenvalue weighted by Gasteiger charge is 2.37. The first-order valence-corrected chi connectivity index (χ1v) is 8.88. The van der Waals surface area contributed by atoms with E-state index in [4.69, 9.17) is 0 Å². The maximum atomic E-state index is 12.7. The lowest BCUT2D eigenvalue weighted by atomic mass is 9.84. The van der Waals surface area contributed by atoms with Gasteiger partial charge in [0.25, 0.3) is 5.91 Å². The number of hydrogen-bond donors (Lipinski definition) is 2. The van der Waals surface area contributed by atoms with Gasteiger partial charge in [-0.15, -0.1) is 0 Å². The molecule has 4 rings (SSSR count). The van der Waals surface area contributed by atoms with Gasteiger partial charge in [-0.2, -0.15) is 0 Å². The van der Waals surface area contributed by atoms with Crippen LogP contribution < -0.4 is 10.6 Å². The van der Waals surface area contributed by atoms with Crippen molar-refractivity contribution in [1.29, 1.82) is 0 Å². The molecule has 1 fully saturated rings. The van der Waals surface area contributed by atoms with Gasteiger partial charge in [0.1, 0.15) is 17.7 Å². The lowest BCUT2D eigenvalue weighted by molar-refractivity contribution is -0.122. The van der Waals surface area contributed by atoms with Crippen LogP contribution in [0.15, 0.2) is 41.4 Å². The van der Waals surface area contributed by atoms with Gasteiger partial charge in [0.05, 0.1) is 5.56 Å². The van der Waals surface area contributed by atoms with E-state index in [0.717, 1.165) is 25.3 Å². The molecule has 1 aromatic rings. The summed E-state index contributed by atoms with van der Waals surface area (Å²) in [5.74, 6) is 1.61. The Bertz CT molecular complexity index is 865. The number of aliphatic imine (C=N–C) groups is 1. The zero-order chi connectivity index (χ0) is 18.5. The average Bonchev–Trinajstić information content (AvgIpc) is 3.18. The van der Waals surface area contributed by atoms with E-state index in [9.17, 15) is 9.59 Å². The van der Waals surface area contributed by atoms with Crippen molar-refractivity contribution in [3.8, 4) is 0 Å². The summed E-state index contributed by atoms with van der Waals surface area (Å²) in [6, 6.07) is 1.53. The minimum Gasteiger partial charge on any atom is -0.356 e. The van der Waals surface area contributed by atoms with E-state index in [2.05, 4.69) is 15.6 Å². The van der Waals surface area contributed by atoms with Crippen LogP contribution in [0.4, 0.5) is 0 Å². The van der Waals surface area contributed by atoms with E-state index in [1.165, 1.54) is 0 Å². The summed E-state index contributed by atoms with van der Waals surface area (Å²) in [6.45, 7) is 7.37. The molecule has 7 heteroatoms. The molecule has 1 aromatic heterocycles. The summed E-state index contributed by atoms with van der Waals surface area (Å²) < 4.78 is 1.86. The molecule has 0 spiro atoms. The lowest BCUT2D eigenvalue weighted by Gasteiger charge is -2.30. The van der Waals surface area contributed by atoms with Gasteiger partial charge in [0.2, 0.25) is 0 Å². The number of rotatable bonds is 3. The highest BCUT2D eigenvalue weighted by atomic mass is 16.2. The average molecular weight is 353 g/mol. The van der Waals surface area contributed by atoms with Crippen molar-refractivity contribution >= 4 is 23.3 Å². The Balaban J connectivity index is 1.52. The van der Waals surface area contributed by atoms with Crippen molar-refractivity contribution in [2.75, 3.05) is 13.1 Å². The van der Waals surface area contributed by atoms with Crippen molar-refractivity contribution < 1.29 is 9.59 Å². The molecule has 136 valence electrons. The summed E-state index contributed by atoms with van der Waals surface area (Å²) in [7, 11) is 0. The molecular formula is C19H23N5O2. The molecule has 3 aliphatic heterocycles. The van der Waals surface area contributed by atoms with E-state index < -0.39 is 5.41 Å². The molecule has 0 bridgehead atoms. The predicted molar refractivity (Wildman–Crippen MR) is 99.3 cm³/mol. The molecule has 1 saturated heterocycles. The molecule has 1 amide bonds. The second-order valence-electron chi connectivity index (χ2n) is 7.88. The van der Waals surface area contributed by atoms with Gasteiger partial charge < -0.3 is 20.1 Å². The molecule has 0 aliphatic carbocycles. The number of fused-ring (bicyclic) bond motifs is 1. The third kappa shape index (κ3) is 2.73. The molecule has 7 nitrogen and oxygen atoms in total. The van der Waals surface area contributed by atoms with Crippen LogP contribution in [0.1, 0.15) is 37.6 Å². The van der Waals surface area contributed by atoms with Crippen molar-refractivity contribution in [3.05, 3.63) is 42.0 Å². The van der Waals surface area contributed by atoms with Gasteiger partial charge in [0.15, 0.2) is 5.78 Å². The smallest absolute Gasteiger partial charge is 0.255 e. The molecule has 0 aromatic carbocycles. The molecule has 3 aliphatic rings. The Morgan fingerprint density at radius 1 is 1.27 bits per heavy atom. The Labute approximate surface area is 152 Å². The summed E-state index contributed by atoms with van der Waals surface area (Å²) in [6.07, 6.45) is 8.17. The lowest BCUT2D eigenvalue weighted by Crippen LogP contribution is -2.48. The van der Waals surface area contributed by atoms with E-state index in [1.807, 2.05) is 48.7 Å². The van der Waals surface area contributed by atoms with Crippen LogP contribution in [-0.2, 0) is 4.79 Å². The number of carbonyl (C=O) groups excluding carboxylic acids is 2. The van der Waals surface area contributed by atoms with Crippen LogP contribution in [0.2, 0.25) is 0 Å². The van der Waals surface area contributed by atoms with Gasteiger partial charge >= 0.3 is 0 Å². The highest BCUT2D eigenvalue weighted by Crippen LogP contribution is 2.27. The van der Waals surface area contributed by atoms with Crippen LogP contribution in [-0.4, -0.2) is 46.1 Å². The Morgan fingerprint density at radius 2 is 2.04 bits per heavy atom. The van der Waals surface area contributed by atoms with Gasteiger partial charge in [-0.3, -0.25) is 9.59 Å². The topological polar surface area (TPSA) is 78.7 Å². The number of amides is 1. The van der Waals surface area contributed by atoms with Crippen LogP contribution in [0, 0.1) is 5.41 Å². The first-order valence-electron chi connectivity index (χ1n) is 8.88. The van der Waals surface area contributed by atoms with Gasteiger partial charge in [-0.05, 0) is 12.5 Å². The quantitative estimate of drug-likeness (QED) is 0.864. The summed E-state index contributed by atoms with van der Waals surface area (Å²) in [5.41, 5.74) is 0.846.